The smallest absolute Gasteiger partial charge is 0.165 e. The number of rotatable bonds is 6. The zero-order valence-corrected chi connectivity index (χ0v) is 10.8. The van der Waals surface area contributed by atoms with Crippen LogP contribution in [0.4, 0.5) is 4.39 Å². The standard InChI is InChI=1S/C14H21FO2/c1-4-8-14(16,9-5-2)11-6-7-13(17-3)12(15)10-11/h6-7,10,16H,4-5,8-9H2,1-3H3. The van der Waals surface area contributed by atoms with Crippen LogP contribution >= 0.6 is 0 Å². The number of hydrogen-bond donors (Lipinski definition) is 1. The SMILES string of the molecule is CCCC(O)(CCC)c1ccc(OC)c(F)c1. The van der Waals surface area contributed by atoms with Crippen molar-refractivity contribution in [1.29, 1.82) is 0 Å². The molecule has 0 bridgehead atoms. The molecule has 0 amide bonds. The van der Waals surface area contributed by atoms with E-state index in [1.165, 1.54) is 13.2 Å². The zero-order chi connectivity index (χ0) is 12.9. The van der Waals surface area contributed by atoms with Gasteiger partial charge in [-0.15, -0.1) is 0 Å². The highest BCUT2D eigenvalue weighted by Gasteiger charge is 2.28. The van der Waals surface area contributed by atoms with Gasteiger partial charge in [0.15, 0.2) is 11.6 Å². The first-order valence-electron chi connectivity index (χ1n) is 6.13. The molecule has 17 heavy (non-hydrogen) atoms. The van der Waals surface area contributed by atoms with Gasteiger partial charge < -0.3 is 9.84 Å². The molecule has 1 N–H and O–H groups in total. The second-order valence-electron chi connectivity index (χ2n) is 4.38. The summed E-state index contributed by atoms with van der Waals surface area (Å²) in [5.41, 5.74) is -0.282. The summed E-state index contributed by atoms with van der Waals surface area (Å²) in [5, 5.41) is 10.6. The Morgan fingerprint density at radius 1 is 1.24 bits per heavy atom. The Balaban J connectivity index is 3.06. The highest BCUT2D eigenvalue weighted by Crippen LogP contribution is 2.33. The van der Waals surface area contributed by atoms with E-state index in [-0.39, 0.29) is 5.75 Å². The molecule has 0 aliphatic heterocycles. The van der Waals surface area contributed by atoms with E-state index in [0.717, 1.165) is 12.8 Å². The Bertz CT molecular complexity index is 357. The van der Waals surface area contributed by atoms with Crippen molar-refractivity contribution in [3.8, 4) is 5.75 Å². The molecule has 0 atom stereocenters. The summed E-state index contributed by atoms with van der Waals surface area (Å²) in [6.45, 7) is 4.03. The molecule has 0 saturated carbocycles. The summed E-state index contributed by atoms with van der Waals surface area (Å²) in [4.78, 5) is 0. The average molecular weight is 240 g/mol. The monoisotopic (exact) mass is 240 g/mol. The molecule has 0 saturated heterocycles. The van der Waals surface area contributed by atoms with Crippen LogP contribution in [0.15, 0.2) is 18.2 Å². The third-order valence-corrected chi connectivity index (χ3v) is 3.02. The molecule has 0 aliphatic carbocycles. The normalized spacial score (nSPS) is 11.6. The number of benzene rings is 1. The molecule has 0 aliphatic rings. The van der Waals surface area contributed by atoms with Crippen LogP contribution in [0.2, 0.25) is 0 Å². The maximum Gasteiger partial charge on any atom is 0.165 e. The minimum absolute atomic E-state index is 0.212. The van der Waals surface area contributed by atoms with E-state index in [1.807, 2.05) is 13.8 Å². The summed E-state index contributed by atoms with van der Waals surface area (Å²) in [6.07, 6.45) is 3.02. The van der Waals surface area contributed by atoms with Crippen LogP contribution in [0.5, 0.6) is 5.75 Å². The van der Waals surface area contributed by atoms with Crippen molar-refractivity contribution in [2.75, 3.05) is 7.11 Å². The second kappa shape index (κ2) is 6.01. The number of methoxy groups -OCH3 is 1. The summed E-state index contributed by atoms with van der Waals surface area (Å²) in [7, 11) is 1.43. The molecule has 0 radical (unpaired) electrons. The van der Waals surface area contributed by atoms with Crippen molar-refractivity contribution in [2.24, 2.45) is 0 Å². The van der Waals surface area contributed by atoms with E-state index >= 15 is 0 Å². The molecule has 0 spiro atoms. The Morgan fingerprint density at radius 3 is 2.24 bits per heavy atom. The summed E-state index contributed by atoms with van der Waals surface area (Å²) >= 11 is 0. The van der Waals surface area contributed by atoms with Gasteiger partial charge in [0, 0.05) is 0 Å². The maximum atomic E-state index is 13.6. The lowest BCUT2D eigenvalue weighted by Crippen LogP contribution is -2.25. The van der Waals surface area contributed by atoms with Crippen LogP contribution in [0, 0.1) is 5.82 Å². The van der Waals surface area contributed by atoms with Crippen molar-refractivity contribution in [2.45, 2.75) is 45.1 Å². The predicted molar refractivity (Wildman–Crippen MR) is 66.7 cm³/mol. The quantitative estimate of drug-likeness (QED) is 0.823. The fourth-order valence-corrected chi connectivity index (χ4v) is 2.20. The van der Waals surface area contributed by atoms with E-state index < -0.39 is 11.4 Å². The highest BCUT2D eigenvalue weighted by molar-refractivity contribution is 5.32. The van der Waals surface area contributed by atoms with Gasteiger partial charge in [-0.05, 0) is 30.5 Å². The molecular formula is C14H21FO2. The van der Waals surface area contributed by atoms with E-state index in [0.29, 0.717) is 18.4 Å². The Labute approximate surface area is 102 Å². The van der Waals surface area contributed by atoms with E-state index in [4.69, 9.17) is 4.74 Å². The fourth-order valence-electron chi connectivity index (χ4n) is 2.20. The molecule has 0 fully saturated rings. The van der Waals surface area contributed by atoms with Gasteiger partial charge in [0.05, 0.1) is 12.7 Å². The molecule has 0 heterocycles. The van der Waals surface area contributed by atoms with Crippen LogP contribution in [0.1, 0.15) is 45.1 Å². The fraction of sp³-hybridized carbons (Fsp3) is 0.571. The minimum Gasteiger partial charge on any atom is -0.494 e. The number of ether oxygens (including phenoxy) is 1. The van der Waals surface area contributed by atoms with Crippen LogP contribution in [0.3, 0.4) is 0 Å². The Hall–Kier alpha value is -1.09. The molecule has 1 aromatic rings. The zero-order valence-electron chi connectivity index (χ0n) is 10.8. The lowest BCUT2D eigenvalue weighted by atomic mass is 9.85. The van der Waals surface area contributed by atoms with E-state index in [9.17, 15) is 9.50 Å². The first-order valence-corrected chi connectivity index (χ1v) is 6.13. The third kappa shape index (κ3) is 3.19. The first kappa shape index (κ1) is 14.0. The Kier molecular flexibility index (Phi) is 4.94. The molecule has 2 nitrogen and oxygen atoms in total. The molecule has 0 unspecified atom stereocenters. The van der Waals surface area contributed by atoms with Gasteiger partial charge >= 0.3 is 0 Å². The van der Waals surface area contributed by atoms with Crippen molar-refractivity contribution in [3.05, 3.63) is 29.6 Å². The van der Waals surface area contributed by atoms with Crippen molar-refractivity contribution < 1.29 is 14.2 Å². The van der Waals surface area contributed by atoms with Gasteiger partial charge in [0.2, 0.25) is 0 Å². The molecular weight excluding hydrogens is 219 g/mol. The number of aliphatic hydroxyl groups is 1. The molecule has 0 aromatic heterocycles. The number of hydrogen-bond acceptors (Lipinski definition) is 2. The minimum atomic E-state index is -0.920. The summed E-state index contributed by atoms with van der Waals surface area (Å²) < 4.78 is 18.5. The summed E-state index contributed by atoms with van der Waals surface area (Å²) in [5.74, 6) is -0.209. The molecule has 96 valence electrons. The topological polar surface area (TPSA) is 29.5 Å². The third-order valence-electron chi connectivity index (χ3n) is 3.02. The number of halogens is 1. The lowest BCUT2D eigenvalue weighted by molar-refractivity contribution is 0.0166. The van der Waals surface area contributed by atoms with Gasteiger partial charge in [-0.2, -0.15) is 0 Å². The highest BCUT2D eigenvalue weighted by atomic mass is 19.1. The van der Waals surface area contributed by atoms with Gasteiger partial charge in [-0.1, -0.05) is 32.8 Å². The molecule has 1 rings (SSSR count). The van der Waals surface area contributed by atoms with Crippen LogP contribution < -0.4 is 4.74 Å². The second-order valence-corrected chi connectivity index (χ2v) is 4.38. The van der Waals surface area contributed by atoms with Gasteiger partial charge in [-0.3, -0.25) is 0 Å². The summed E-state index contributed by atoms with van der Waals surface area (Å²) in [6, 6.07) is 4.69. The maximum absolute atomic E-state index is 13.6. The van der Waals surface area contributed by atoms with Crippen molar-refractivity contribution >= 4 is 0 Å². The Morgan fingerprint density at radius 2 is 1.82 bits per heavy atom. The van der Waals surface area contributed by atoms with Crippen molar-refractivity contribution in [3.63, 3.8) is 0 Å². The van der Waals surface area contributed by atoms with E-state index in [2.05, 4.69) is 0 Å². The van der Waals surface area contributed by atoms with Gasteiger partial charge in [0.1, 0.15) is 0 Å². The molecule has 1 aromatic carbocycles. The average Bonchev–Trinajstić information content (AvgIpc) is 2.29. The van der Waals surface area contributed by atoms with Crippen LogP contribution in [0.25, 0.3) is 0 Å². The van der Waals surface area contributed by atoms with Crippen LogP contribution in [-0.4, -0.2) is 12.2 Å². The first-order chi connectivity index (χ1) is 8.07. The lowest BCUT2D eigenvalue weighted by Gasteiger charge is -2.28. The van der Waals surface area contributed by atoms with Crippen LogP contribution in [-0.2, 0) is 5.60 Å². The predicted octanol–water partition coefficient (Wildman–Crippen LogP) is 3.62. The molecule has 3 heteroatoms. The largest absolute Gasteiger partial charge is 0.494 e. The van der Waals surface area contributed by atoms with Crippen molar-refractivity contribution in [1.82, 2.24) is 0 Å². The van der Waals surface area contributed by atoms with Gasteiger partial charge in [-0.25, -0.2) is 4.39 Å². The van der Waals surface area contributed by atoms with E-state index in [1.54, 1.807) is 12.1 Å². The van der Waals surface area contributed by atoms with Gasteiger partial charge in [0.25, 0.3) is 0 Å².